The van der Waals surface area contributed by atoms with Gasteiger partial charge in [-0.15, -0.1) is 0 Å². The number of urea groups is 1. The maximum atomic E-state index is 12.0. The van der Waals surface area contributed by atoms with Crippen LogP contribution < -0.4 is 10.6 Å². The van der Waals surface area contributed by atoms with E-state index in [1.165, 1.54) is 0 Å². The van der Waals surface area contributed by atoms with Crippen molar-refractivity contribution in [3.63, 3.8) is 0 Å². The number of amides is 2. The molecule has 3 N–H and O–H groups in total. The average Bonchev–Trinajstić information content (AvgIpc) is 2.49. The van der Waals surface area contributed by atoms with E-state index in [1.807, 2.05) is 37.3 Å². The quantitative estimate of drug-likeness (QED) is 0.791. The number of hydrogen-bond donors (Lipinski definition) is 3. The van der Waals surface area contributed by atoms with Crippen LogP contribution in [0, 0.1) is 5.92 Å². The first-order valence-corrected chi connectivity index (χ1v) is 7.42. The van der Waals surface area contributed by atoms with Crippen LogP contribution in [0.1, 0.15) is 44.2 Å². The van der Waals surface area contributed by atoms with Gasteiger partial charge in [0.15, 0.2) is 0 Å². The highest BCUT2D eigenvalue weighted by atomic mass is 16.3. The van der Waals surface area contributed by atoms with Crippen LogP contribution in [0.3, 0.4) is 0 Å². The minimum atomic E-state index is -0.103. The van der Waals surface area contributed by atoms with Crippen LogP contribution in [0.2, 0.25) is 0 Å². The van der Waals surface area contributed by atoms with E-state index in [-0.39, 0.29) is 24.7 Å². The second-order valence-electron chi connectivity index (χ2n) is 5.65. The van der Waals surface area contributed by atoms with Gasteiger partial charge in [-0.3, -0.25) is 0 Å². The molecule has 1 aromatic carbocycles. The fraction of sp³-hybridized carbons (Fsp3) is 0.562. The molecule has 0 heterocycles. The first kappa shape index (κ1) is 14.9. The first-order valence-electron chi connectivity index (χ1n) is 7.42. The predicted octanol–water partition coefficient (Wildman–Crippen LogP) is 2.60. The van der Waals surface area contributed by atoms with Gasteiger partial charge in [-0.05, 0) is 44.1 Å². The fourth-order valence-corrected chi connectivity index (χ4v) is 2.74. The number of benzene rings is 1. The molecule has 1 aliphatic rings. The third kappa shape index (κ3) is 4.23. The molecule has 0 spiro atoms. The Morgan fingerprint density at radius 3 is 2.50 bits per heavy atom. The van der Waals surface area contributed by atoms with E-state index < -0.39 is 0 Å². The minimum absolute atomic E-state index is 0.00461. The second kappa shape index (κ2) is 7.29. The van der Waals surface area contributed by atoms with Crippen molar-refractivity contribution in [3.05, 3.63) is 35.9 Å². The fourth-order valence-electron chi connectivity index (χ4n) is 2.74. The van der Waals surface area contributed by atoms with Crippen molar-refractivity contribution in [2.75, 3.05) is 6.61 Å². The molecule has 20 heavy (non-hydrogen) atoms. The minimum Gasteiger partial charge on any atom is -0.396 e. The van der Waals surface area contributed by atoms with Crippen molar-refractivity contribution in [2.45, 2.75) is 44.7 Å². The van der Waals surface area contributed by atoms with Crippen LogP contribution in [0.25, 0.3) is 0 Å². The number of aliphatic hydroxyl groups excluding tert-OH is 1. The van der Waals surface area contributed by atoms with E-state index >= 15 is 0 Å². The number of aliphatic hydroxyl groups is 1. The zero-order valence-corrected chi connectivity index (χ0v) is 12.0. The molecule has 2 amide bonds. The number of carbonyl (C=O) groups excluding carboxylic acids is 1. The molecule has 1 fully saturated rings. The molecule has 4 heteroatoms. The van der Waals surface area contributed by atoms with E-state index in [2.05, 4.69) is 10.6 Å². The van der Waals surface area contributed by atoms with E-state index in [1.54, 1.807) is 0 Å². The molecule has 1 unspecified atom stereocenters. The van der Waals surface area contributed by atoms with E-state index in [4.69, 9.17) is 5.11 Å². The predicted molar refractivity (Wildman–Crippen MR) is 79.4 cm³/mol. The third-order valence-electron chi connectivity index (χ3n) is 4.09. The van der Waals surface area contributed by atoms with Gasteiger partial charge in [0.05, 0.1) is 6.04 Å². The summed E-state index contributed by atoms with van der Waals surface area (Å²) in [4.78, 5) is 12.0. The lowest BCUT2D eigenvalue weighted by atomic mass is 9.87. The van der Waals surface area contributed by atoms with Gasteiger partial charge >= 0.3 is 6.03 Å². The number of rotatable bonds is 4. The van der Waals surface area contributed by atoms with Gasteiger partial charge in [0.2, 0.25) is 0 Å². The summed E-state index contributed by atoms with van der Waals surface area (Å²) in [6.07, 6.45) is 3.90. The highest BCUT2D eigenvalue weighted by Crippen LogP contribution is 2.23. The summed E-state index contributed by atoms with van der Waals surface area (Å²) in [7, 11) is 0. The van der Waals surface area contributed by atoms with Gasteiger partial charge in [-0.2, -0.15) is 0 Å². The lowest BCUT2D eigenvalue weighted by Crippen LogP contribution is -2.44. The Balaban J connectivity index is 1.76. The Morgan fingerprint density at radius 2 is 1.90 bits per heavy atom. The summed E-state index contributed by atoms with van der Waals surface area (Å²) in [5.74, 6) is 0.416. The van der Waals surface area contributed by atoms with Crippen molar-refractivity contribution in [2.24, 2.45) is 5.92 Å². The summed E-state index contributed by atoms with van der Waals surface area (Å²) in [6, 6.07) is 10.1. The molecule has 1 aromatic rings. The largest absolute Gasteiger partial charge is 0.396 e. The number of carbonyl (C=O) groups is 1. The Labute approximate surface area is 120 Å². The van der Waals surface area contributed by atoms with Crippen molar-refractivity contribution in [1.29, 1.82) is 0 Å². The number of nitrogens with one attached hydrogen (secondary N) is 2. The molecule has 2 rings (SSSR count). The topological polar surface area (TPSA) is 61.4 Å². The maximum absolute atomic E-state index is 12.0. The lowest BCUT2D eigenvalue weighted by molar-refractivity contribution is 0.174. The molecule has 1 aliphatic carbocycles. The van der Waals surface area contributed by atoms with Gasteiger partial charge < -0.3 is 15.7 Å². The molecule has 110 valence electrons. The number of hydrogen-bond acceptors (Lipinski definition) is 2. The highest BCUT2D eigenvalue weighted by Gasteiger charge is 2.22. The van der Waals surface area contributed by atoms with E-state index in [0.29, 0.717) is 5.92 Å². The SMILES string of the molecule is CC(NC(=O)NC1CCC(CO)CC1)c1ccccc1. The van der Waals surface area contributed by atoms with Gasteiger partial charge in [-0.1, -0.05) is 30.3 Å². The normalized spacial score (nSPS) is 23.9. The zero-order chi connectivity index (χ0) is 14.4. The Bertz CT molecular complexity index is 414. The zero-order valence-electron chi connectivity index (χ0n) is 12.0. The van der Waals surface area contributed by atoms with Gasteiger partial charge in [-0.25, -0.2) is 4.79 Å². The molecule has 0 aromatic heterocycles. The second-order valence-corrected chi connectivity index (χ2v) is 5.65. The Kier molecular flexibility index (Phi) is 5.41. The molecule has 0 radical (unpaired) electrons. The van der Waals surface area contributed by atoms with Crippen LogP contribution >= 0.6 is 0 Å². The van der Waals surface area contributed by atoms with E-state index in [9.17, 15) is 4.79 Å². The van der Waals surface area contributed by atoms with Crippen molar-refractivity contribution >= 4 is 6.03 Å². The lowest BCUT2D eigenvalue weighted by Gasteiger charge is -2.28. The molecular formula is C16H24N2O2. The van der Waals surface area contributed by atoms with Gasteiger partial charge in [0, 0.05) is 12.6 Å². The Morgan fingerprint density at radius 1 is 1.25 bits per heavy atom. The smallest absolute Gasteiger partial charge is 0.315 e. The summed E-state index contributed by atoms with van der Waals surface area (Å²) < 4.78 is 0. The van der Waals surface area contributed by atoms with Crippen LogP contribution in [-0.4, -0.2) is 23.8 Å². The molecule has 0 aliphatic heterocycles. The van der Waals surface area contributed by atoms with Crippen LogP contribution in [-0.2, 0) is 0 Å². The summed E-state index contributed by atoms with van der Waals surface area (Å²) in [6.45, 7) is 2.25. The van der Waals surface area contributed by atoms with Crippen LogP contribution in [0.4, 0.5) is 4.79 Å². The highest BCUT2D eigenvalue weighted by molar-refractivity contribution is 5.74. The first-order chi connectivity index (χ1) is 9.69. The molecule has 1 atom stereocenters. The summed E-state index contributed by atoms with van der Waals surface area (Å²) in [5, 5.41) is 15.1. The molecule has 0 saturated heterocycles. The molecular weight excluding hydrogens is 252 g/mol. The van der Waals surface area contributed by atoms with Crippen LogP contribution in [0.15, 0.2) is 30.3 Å². The van der Waals surface area contributed by atoms with Crippen molar-refractivity contribution < 1.29 is 9.90 Å². The Hall–Kier alpha value is -1.55. The standard InChI is InChI=1S/C16H24N2O2/c1-12(14-5-3-2-4-6-14)17-16(20)18-15-9-7-13(11-19)8-10-15/h2-6,12-13,15,19H,7-11H2,1H3,(H2,17,18,20). The summed E-state index contributed by atoms with van der Waals surface area (Å²) >= 11 is 0. The van der Waals surface area contributed by atoms with Gasteiger partial charge in [0.25, 0.3) is 0 Å². The third-order valence-corrected chi connectivity index (χ3v) is 4.09. The van der Waals surface area contributed by atoms with Crippen molar-refractivity contribution in [3.8, 4) is 0 Å². The van der Waals surface area contributed by atoms with Crippen LogP contribution in [0.5, 0.6) is 0 Å². The average molecular weight is 276 g/mol. The molecule has 4 nitrogen and oxygen atoms in total. The summed E-state index contributed by atoms with van der Waals surface area (Å²) in [5.41, 5.74) is 1.10. The van der Waals surface area contributed by atoms with Crippen molar-refractivity contribution in [1.82, 2.24) is 10.6 Å². The molecule has 1 saturated carbocycles. The molecule has 0 bridgehead atoms. The maximum Gasteiger partial charge on any atom is 0.315 e. The van der Waals surface area contributed by atoms with Gasteiger partial charge in [0.1, 0.15) is 0 Å². The van der Waals surface area contributed by atoms with E-state index in [0.717, 1.165) is 31.2 Å². The monoisotopic (exact) mass is 276 g/mol.